The van der Waals surface area contributed by atoms with Gasteiger partial charge in [-0.25, -0.2) is 4.98 Å². The molecule has 3 aromatic carbocycles. The number of rotatable bonds is 12. The van der Waals surface area contributed by atoms with Crippen molar-refractivity contribution in [3.8, 4) is 10.4 Å². The van der Waals surface area contributed by atoms with Crippen molar-refractivity contribution in [2.75, 3.05) is 7.11 Å². The van der Waals surface area contributed by atoms with Crippen molar-refractivity contribution in [1.29, 1.82) is 0 Å². The molecule has 0 aliphatic carbocycles. The van der Waals surface area contributed by atoms with Crippen LogP contribution in [0.5, 0.6) is 0 Å². The van der Waals surface area contributed by atoms with Gasteiger partial charge < -0.3 is 10.1 Å². The zero-order valence-corrected chi connectivity index (χ0v) is 24.3. The number of carbonyl (C=O) groups is 2. The van der Waals surface area contributed by atoms with E-state index in [2.05, 4.69) is 9.60 Å². The molecular weight excluding hydrogens is 562 g/mol. The Hall–Kier alpha value is -3.90. The van der Waals surface area contributed by atoms with Crippen LogP contribution in [0.15, 0.2) is 89.8 Å². The summed E-state index contributed by atoms with van der Waals surface area (Å²) in [7, 11) is -2.80. The highest BCUT2D eigenvalue weighted by atomic mass is 32.2. The number of methoxy groups -OCH3 is 1. The molecule has 2 atom stereocenters. The first-order chi connectivity index (χ1) is 19.7. The summed E-state index contributed by atoms with van der Waals surface area (Å²) >= 11 is 1.47. The maximum atomic E-state index is 13.6. The van der Waals surface area contributed by atoms with E-state index in [9.17, 15) is 18.0 Å². The highest BCUT2D eigenvalue weighted by molar-refractivity contribution is 7.86. The van der Waals surface area contributed by atoms with E-state index >= 15 is 0 Å². The summed E-state index contributed by atoms with van der Waals surface area (Å²) in [5.74, 6) is 2.70. The Labute approximate surface area is 243 Å². The Morgan fingerprint density at radius 1 is 0.927 bits per heavy atom. The predicted octanol–water partition coefficient (Wildman–Crippen LogP) is 4.38. The molecule has 0 saturated heterocycles. The van der Waals surface area contributed by atoms with Gasteiger partial charge in [-0.05, 0) is 48.1 Å². The lowest BCUT2D eigenvalue weighted by Crippen LogP contribution is -2.40. The Kier molecular flexibility index (Phi) is 10.0. The van der Waals surface area contributed by atoms with E-state index in [0.717, 1.165) is 27.3 Å². The van der Waals surface area contributed by atoms with Crippen LogP contribution in [0.4, 0.5) is 0 Å². The van der Waals surface area contributed by atoms with Crippen LogP contribution in [0.1, 0.15) is 34.8 Å². The predicted molar refractivity (Wildman–Crippen MR) is 156 cm³/mol. The van der Waals surface area contributed by atoms with Crippen LogP contribution >= 0.6 is 11.3 Å². The summed E-state index contributed by atoms with van der Waals surface area (Å²) in [4.78, 5) is 32.1. The molecule has 1 heterocycles. The number of nitrogens with zero attached hydrogens (tertiary/aromatic N) is 1. The standard InChI is InChI=1S/C30H31N3O6S2/c1-3-25-27(22-12-8-5-9-13-22)40-29(33-25)26(19-21-14-16-23(17-15-21)41(36,37)39-31)32-28(34)24(30(35)38-2)18-20-10-6-4-7-11-20/h4-17,24,26H,3,18-19,31H2,1-2H3,(H,32,34)/t24-,26-/m0/s1. The quantitative estimate of drug-likeness (QED) is 0.140. The molecule has 0 fully saturated rings. The van der Waals surface area contributed by atoms with Gasteiger partial charge in [0.1, 0.15) is 10.9 Å². The average molecular weight is 594 g/mol. The largest absolute Gasteiger partial charge is 0.468 e. The van der Waals surface area contributed by atoms with Gasteiger partial charge in [-0.15, -0.1) is 11.3 Å². The molecule has 0 spiro atoms. The molecule has 0 aliphatic rings. The van der Waals surface area contributed by atoms with Gasteiger partial charge in [0.2, 0.25) is 5.91 Å². The minimum Gasteiger partial charge on any atom is -0.468 e. The van der Waals surface area contributed by atoms with Gasteiger partial charge in [0.15, 0.2) is 0 Å². The minimum absolute atomic E-state index is 0.0909. The third-order valence-corrected chi connectivity index (χ3v) is 8.93. The van der Waals surface area contributed by atoms with Crippen LogP contribution in [-0.4, -0.2) is 32.4 Å². The number of carbonyl (C=O) groups excluding carboxylic acids is 2. The third-order valence-electron chi connectivity index (χ3n) is 6.56. The summed E-state index contributed by atoms with van der Waals surface area (Å²) < 4.78 is 33.0. The van der Waals surface area contributed by atoms with E-state index in [1.807, 2.05) is 67.6 Å². The first kappa shape index (κ1) is 30.1. The van der Waals surface area contributed by atoms with Crippen LogP contribution < -0.4 is 11.2 Å². The summed E-state index contributed by atoms with van der Waals surface area (Å²) in [5.41, 5.74) is 3.47. The molecule has 0 saturated carbocycles. The summed E-state index contributed by atoms with van der Waals surface area (Å²) in [6.07, 6.45) is 1.15. The Bertz CT molecular complexity index is 1570. The monoisotopic (exact) mass is 593 g/mol. The number of nitrogens with two attached hydrogens (primary N) is 1. The average Bonchev–Trinajstić information content (AvgIpc) is 3.45. The highest BCUT2D eigenvalue weighted by Gasteiger charge is 2.31. The van der Waals surface area contributed by atoms with Crippen molar-refractivity contribution >= 4 is 33.3 Å². The van der Waals surface area contributed by atoms with Crippen molar-refractivity contribution < 1.29 is 27.0 Å². The lowest BCUT2D eigenvalue weighted by atomic mass is 9.97. The van der Waals surface area contributed by atoms with Gasteiger partial charge in [-0.2, -0.15) is 18.6 Å². The topological polar surface area (TPSA) is 138 Å². The van der Waals surface area contributed by atoms with Gasteiger partial charge in [0, 0.05) is 0 Å². The molecule has 41 heavy (non-hydrogen) atoms. The van der Waals surface area contributed by atoms with Crippen LogP contribution in [0.3, 0.4) is 0 Å². The molecule has 1 amide bonds. The number of benzene rings is 3. The molecule has 214 valence electrons. The molecule has 0 aliphatic heterocycles. The van der Waals surface area contributed by atoms with Crippen molar-refractivity contribution in [2.24, 2.45) is 11.8 Å². The molecule has 0 radical (unpaired) electrons. The number of ether oxygens (including phenoxy) is 1. The van der Waals surface area contributed by atoms with Gasteiger partial charge in [0.05, 0.1) is 28.6 Å². The number of esters is 1. The lowest BCUT2D eigenvalue weighted by Gasteiger charge is -2.21. The number of aryl methyl sites for hydroxylation is 1. The first-order valence-electron chi connectivity index (χ1n) is 12.9. The molecule has 0 unspecified atom stereocenters. The maximum absolute atomic E-state index is 13.6. The van der Waals surface area contributed by atoms with Crippen molar-refractivity contribution in [2.45, 2.75) is 37.1 Å². The fourth-order valence-electron chi connectivity index (χ4n) is 4.40. The smallest absolute Gasteiger partial charge is 0.318 e. The van der Waals surface area contributed by atoms with Gasteiger partial charge in [-0.1, -0.05) is 79.7 Å². The van der Waals surface area contributed by atoms with Gasteiger partial charge >= 0.3 is 16.1 Å². The highest BCUT2D eigenvalue weighted by Crippen LogP contribution is 2.35. The molecule has 1 aromatic heterocycles. The first-order valence-corrected chi connectivity index (χ1v) is 15.2. The number of aromatic nitrogens is 1. The Balaban J connectivity index is 1.69. The number of thiazole rings is 1. The molecular formula is C30H31N3O6S2. The molecule has 11 heteroatoms. The zero-order valence-electron chi connectivity index (χ0n) is 22.6. The molecule has 9 nitrogen and oxygen atoms in total. The van der Waals surface area contributed by atoms with E-state index in [0.29, 0.717) is 17.8 Å². The second kappa shape index (κ2) is 13.6. The maximum Gasteiger partial charge on any atom is 0.318 e. The van der Waals surface area contributed by atoms with Crippen molar-refractivity contribution in [1.82, 2.24) is 10.3 Å². The number of amides is 1. The van der Waals surface area contributed by atoms with Crippen LogP contribution in [0, 0.1) is 5.92 Å². The van der Waals surface area contributed by atoms with Crippen molar-refractivity contribution in [3.63, 3.8) is 0 Å². The second-order valence-corrected chi connectivity index (χ2v) is 11.9. The van der Waals surface area contributed by atoms with Gasteiger partial charge in [0.25, 0.3) is 0 Å². The Morgan fingerprint density at radius 3 is 2.12 bits per heavy atom. The van der Waals surface area contributed by atoms with E-state index in [1.54, 1.807) is 12.1 Å². The molecule has 4 rings (SSSR count). The van der Waals surface area contributed by atoms with E-state index in [-0.39, 0.29) is 11.3 Å². The Morgan fingerprint density at radius 2 is 1.54 bits per heavy atom. The van der Waals surface area contributed by atoms with E-state index in [1.165, 1.54) is 30.6 Å². The second-order valence-electron chi connectivity index (χ2n) is 9.27. The number of nitrogens with one attached hydrogen (secondary N) is 1. The SMILES string of the molecule is CCc1nc([C@H](Cc2ccc(S(=O)(=O)ON)cc2)NC(=O)[C@H](Cc2ccccc2)C(=O)OC)sc1-c1ccccc1. The molecule has 0 bridgehead atoms. The minimum atomic E-state index is -4.06. The van der Waals surface area contributed by atoms with Crippen LogP contribution in [0.25, 0.3) is 10.4 Å². The van der Waals surface area contributed by atoms with Gasteiger partial charge in [-0.3, -0.25) is 9.59 Å². The van der Waals surface area contributed by atoms with Crippen LogP contribution in [0.2, 0.25) is 0 Å². The molecule has 3 N–H and O–H groups in total. The number of hydrogen-bond donors (Lipinski definition) is 2. The third kappa shape index (κ3) is 7.44. The van der Waals surface area contributed by atoms with Crippen LogP contribution in [-0.2, 0) is 48.0 Å². The van der Waals surface area contributed by atoms with Crippen molar-refractivity contribution in [3.05, 3.63) is 107 Å². The van der Waals surface area contributed by atoms with E-state index in [4.69, 9.17) is 15.6 Å². The fraction of sp³-hybridized carbons (Fsp3) is 0.233. The lowest BCUT2D eigenvalue weighted by molar-refractivity contribution is -0.150. The molecule has 4 aromatic rings. The zero-order chi connectivity index (χ0) is 29.4. The number of hydrogen-bond acceptors (Lipinski definition) is 9. The summed E-state index contributed by atoms with van der Waals surface area (Å²) in [6.45, 7) is 2.02. The fourth-order valence-corrected chi connectivity index (χ4v) is 6.20. The summed E-state index contributed by atoms with van der Waals surface area (Å²) in [6, 6.07) is 24.5. The summed E-state index contributed by atoms with van der Waals surface area (Å²) in [5, 5.41) is 3.70. The normalized spacial score (nSPS) is 12.9. The van der Waals surface area contributed by atoms with E-state index < -0.39 is 34.0 Å².